The highest BCUT2D eigenvalue weighted by Crippen LogP contribution is 2.48. The van der Waals surface area contributed by atoms with Crippen LogP contribution in [0.4, 0.5) is 5.69 Å². The molecule has 19 heavy (non-hydrogen) atoms. The molecule has 0 unspecified atom stereocenters. The van der Waals surface area contributed by atoms with E-state index in [1.54, 1.807) is 12.1 Å². The molecule has 102 valence electrons. The van der Waals surface area contributed by atoms with Crippen LogP contribution in [0.3, 0.4) is 0 Å². The second kappa shape index (κ2) is 4.99. The number of amides is 1. The number of nitrogens with one attached hydrogen (secondary N) is 1. The first-order valence-corrected chi connectivity index (χ1v) is 6.55. The molecule has 0 heterocycles. The summed E-state index contributed by atoms with van der Waals surface area (Å²) in [5.74, 6) is 0.0377. The Kier molecular flexibility index (Phi) is 3.55. The van der Waals surface area contributed by atoms with Gasteiger partial charge in [0.15, 0.2) is 0 Å². The van der Waals surface area contributed by atoms with Gasteiger partial charge in [0.2, 0.25) is 5.91 Å². The maximum Gasteiger partial charge on any atom is 0.269 e. The highest BCUT2D eigenvalue weighted by Gasteiger charge is 2.51. The molecule has 1 aromatic rings. The first kappa shape index (κ1) is 13.5. The Hall–Kier alpha value is -1.91. The Morgan fingerprint density at radius 2 is 2.00 bits per heavy atom. The van der Waals surface area contributed by atoms with Crippen molar-refractivity contribution in [1.29, 1.82) is 0 Å². The van der Waals surface area contributed by atoms with Gasteiger partial charge in [-0.1, -0.05) is 19.1 Å². The fraction of sp³-hybridized carbons (Fsp3) is 0.500. The standard InChI is InChI=1S/C14H18N2O3/c1-3-10(2)15-13(17)14(8-9-14)11-4-6-12(7-5-11)16(18)19/h4-7,10H,3,8-9H2,1-2H3,(H,15,17)/t10-/m0/s1. The van der Waals surface area contributed by atoms with Gasteiger partial charge in [0.05, 0.1) is 10.3 Å². The summed E-state index contributed by atoms with van der Waals surface area (Å²) < 4.78 is 0. The molecule has 1 aliphatic carbocycles. The van der Waals surface area contributed by atoms with Gasteiger partial charge in [-0.2, -0.15) is 0 Å². The minimum Gasteiger partial charge on any atom is -0.353 e. The first-order valence-electron chi connectivity index (χ1n) is 6.55. The van der Waals surface area contributed by atoms with E-state index in [9.17, 15) is 14.9 Å². The second-order valence-electron chi connectivity index (χ2n) is 5.17. The normalized spacial score (nSPS) is 17.6. The van der Waals surface area contributed by atoms with Crippen molar-refractivity contribution in [1.82, 2.24) is 5.32 Å². The van der Waals surface area contributed by atoms with Crippen LogP contribution in [0.5, 0.6) is 0 Å². The molecule has 0 saturated heterocycles. The lowest BCUT2D eigenvalue weighted by atomic mass is 9.94. The number of nitro groups is 1. The molecule has 5 nitrogen and oxygen atoms in total. The summed E-state index contributed by atoms with van der Waals surface area (Å²) in [6, 6.07) is 6.48. The minimum absolute atomic E-state index is 0.0377. The highest BCUT2D eigenvalue weighted by atomic mass is 16.6. The van der Waals surface area contributed by atoms with Crippen LogP contribution in [-0.4, -0.2) is 16.9 Å². The number of non-ortho nitro benzene ring substituents is 1. The molecular formula is C14H18N2O3. The van der Waals surface area contributed by atoms with Gasteiger partial charge < -0.3 is 5.32 Å². The summed E-state index contributed by atoms with van der Waals surface area (Å²) in [6.45, 7) is 4.00. The summed E-state index contributed by atoms with van der Waals surface area (Å²) >= 11 is 0. The van der Waals surface area contributed by atoms with Crippen LogP contribution in [0.2, 0.25) is 0 Å². The van der Waals surface area contributed by atoms with Gasteiger partial charge in [-0.05, 0) is 31.7 Å². The van der Waals surface area contributed by atoms with Crippen LogP contribution in [0.1, 0.15) is 38.7 Å². The number of hydrogen-bond donors (Lipinski definition) is 1. The Morgan fingerprint density at radius 1 is 1.42 bits per heavy atom. The number of nitro benzene ring substituents is 1. The van der Waals surface area contributed by atoms with E-state index in [1.807, 2.05) is 13.8 Å². The van der Waals surface area contributed by atoms with Gasteiger partial charge in [-0.3, -0.25) is 14.9 Å². The van der Waals surface area contributed by atoms with E-state index < -0.39 is 10.3 Å². The molecule has 1 atom stereocenters. The molecule has 0 spiro atoms. The van der Waals surface area contributed by atoms with Gasteiger partial charge in [-0.15, -0.1) is 0 Å². The molecule has 1 amide bonds. The maximum absolute atomic E-state index is 12.3. The number of hydrogen-bond acceptors (Lipinski definition) is 3. The molecule has 0 aliphatic heterocycles. The minimum atomic E-state index is -0.460. The summed E-state index contributed by atoms with van der Waals surface area (Å²) in [7, 11) is 0. The van der Waals surface area contributed by atoms with Gasteiger partial charge in [0, 0.05) is 18.2 Å². The summed E-state index contributed by atoms with van der Waals surface area (Å²) in [6.07, 6.45) is 2.52. The number of benzene rings is 1. The van der Waals surface area contributed by atoms with Crippen molar-refractivity contribution in [3.63, 3.8) is 0 Å². The second-order valence-corrected chi connectivity index (χ2v) is 5.17. The van der Waals surface area contributed by atoms with Gasteiger partial charge in [-0.25, -0.2) is 0 Å². The SMILES string of the molecule is CC[C@H](C)NC(=O)C1(c2ccc([N+](=O)[O-])cc2)CC1. The van der Waals surface area contributed by atoms with E-state index in [1.165, 1.54) is 12.1 Å². The van der Waals surface area contributed by atoms with E-state index in [2.05, 4.69) is 5.32 Å². The van der Waals surface area contributed by atoms with E-state index in [4.69, 9.17) is 0 Å². The third kappa shape index (κ3) is 2.59. The van der Waals surface area contributed by atoms with Gasteiger partial charge in [0.25, 0.3) is 5.69 Å². The van der Waals surface area contributed by atoms with Crippen molar-refractivity contribution < 1.29 is 9.72 Å². The Balaban J connectivity index is 2.16. The van der Waals surface area contributed by atoms with Crippen LogP contribution in [0.25, 0.3) is 0 Å². The Morgan fingerprint density at radius 3 is 2.42 bits per heavy atom. The monoisotopic (exact) mass is 262 g/mol. The van der Waals surface area contributed by atoms with Crippen molar-refractivity contribution in [3.8, 4) is 0 Å². The molecule has 0 radical (unpaired) electrons. The van der Waals surface area contributed by atoms with Crippen LogP contribution >= 0.6 is 0 Å². The third-order valence-corrected chi connectivity index (χ3v) is 3.81. The van der Waals surface area contributed by atoms with Crippen molar-refractivity contribution >= 4 is 11.6 Å². The predicted molar refractivity (Wildman–Crippen MR) is 71.9 cm³/mol. The lowest BCUT2D eigenvalue weighted by molar-refractivity contribution is -0.384. The average Bonchev–Trinajstić information content (AvgIpc) is 3.20. The molecule has 2 rings (SSSR count). The zero-order valence-electron chi connectivity index (χ0n) is 11.2. The highest BCUT2D eigenvalue weighted by molar-refractivity contribution is 5.91. The van der Waals surface area contributed by atoms with Crippen LogP contribution in [0, 0.1) is 10.1 Å². The van der Waals surface area contributed by atoms with E-state index in [0.29, 0.717) is 0 Å². The summed E-state index contributed by atoms with van der Waals surface area (Å²) in [5.41, 5.74) is 0.472. The molecule has 0 aromatic heterocycles. The maximum atomic E-state index is 12.3. The third-order valence-electron chi connectivity index (χ3n) is 3.81. The zero-order chi connectivity index (χ0) is 14.0. The van der Waals surface area contributed by atoms with Crippen molar-refractivity contribution in [3.05, 3.63) is 39.9 Å². The van der Waals surface area contributed by atoms with Crippen molar-refractivity contribution in [2.45, 2.75) is 44.6 Å². The lowest BCUT2D eigenvalue weighted by Crippen LogP contribution is -2.39. The lowest BCUT2D eigenvalue weighted by Gasteiger charge is -2.19. The molecule has 1 aliphatic rings. The molecule has 1 aromatic carbocycles. The topological polar surface area (TPSA) is 72.2 Å². The molecular weight excluding hydrogens is 244 g/mol. The number of carbonyl (C=O) groups excluding carboxylic acids is 1. The predicted octanol–water partition coefficient (Wildman–Crippen LogP) is 2.54. The fourth-order valence-electron chi connectivity index (χ4n) is 2.14. The smallest absolute Gasteiger partial charge is 0.269 e. The van der Waals surface area contributed by atoms with E-state index in [0.717, 1.165) is 24.8 Å². The molecule has 1 N–H and O–H groups in total. The molecule has 5 heteroatoms. The van der Waals surface area contributed by atoms with Crippen LogP contribution < -0.4 is 5.32 Å². The van der Waals surface area contributed by atoms with Crippen molar-refractivity contribution in [2.75, 3.05) is 0 Å². The molecule has 1 fully saturated rings. The largest absolute Gasteiger partial charge is 0.353 e. The van der Waals surface area contributed by atoms with Gasteiger partial charge >= 0.3 is 0 Å². The molecule has 1 saturated carbocycles. The Bertz CT molecular complexity index is 492. The van der Waals surface area contributed by atoms with Gasteiger partial charge in [0.1, 0.15) is 0 Å². The summed E-state index contributed by atoms with van der Waals surface area (Å²) in [5, 5.41) is 13.6. The average molecular weight is 262 g/mol. The van der Waals surface area contributed by atoms with Crippen LogP contribution in [0.15, 0.2) is 24.3 Å². The van der Waals surface area contributed by atoms with Crippen molar-refractivity contribution in [2.24, 2.45) is 0 Å². The quantitative estimate of drug-likeness (QED) is 0.654. The van der Waals surface area contributed by atoms with Crippen LogP contribution in [-0.2, 0) is 10.2 Å². The summed E-state index contributed by atoms with van der Waals surface area (Å²) in [4.78, 5) is 22.5. The van der Waals surface area contributed by atoms with E-state index in [-0.39, 0.29) is 17.6 Å². The Labute approximate surface area is 112 Å². The molecule has 0 bridgehead atoms. The number of nitrogens with zero attached hydrogens (tertiary/aromatic N) is 1. The number of rotatable bonds is 5. The number of carbonyl (C=O) groups is 1. The van der Waals surface area contributed by atoms with E-state index >= 15 is 0 Å². The first-order chi connectivity index (χ1) is 8.99. The fourth-order valence-corrected chi connectivity index (χ4v) is 2.14. The zero-order valence-corrected chi connectivity index (χ0v) is 11.2.